The zero-order valence-electron chi connectivity index (χ0n) is 11.0. The van der Waals surface area contributed by atoms with Crippen LogP contribution in [0.2, 0.25) is 0 Å². The molecule has 0 aliphatic carbocycles. The highest BCUT2D eigenvalue weighted by Gasteiger charge is 2.18. The van der Waals surface area contributed by atoms with E-state index in [1.165, 1.54) is 7.05 Å². The number of aromatic hydroxyl groups is 1. The number of nitrogens with zero attached hydrogens (tertiary/aromatic N) is 1. The first-order valence-corrected chi connectivity index (χ1v) is 6.76. The predicted octanol–water partition coefficient (Wildman–Crippen LogP) is 0.418. The molecule has 0 radical (unpaired) electrons. The summed E-state index contributed by atoms with van der Waals surface area (Å²) in [7, 11) is 1.41. The Morgan fingerprint density at radius 1 is 1.38 bits per heavy atom. The van der Waals surface area contributed by atoms with Crippen LogP contribution < -0.4 is 16.6 Å². The topological polar surface area (TPSA) is 104 Å². The van der Waals surface area contributed by atoms with E-state index < -0.39 is 29.6 Å². The number of hydrogen-bond donors (Lipinski definition) is 3. The van der Waals surface area contributed by atoms with Gasteiger partial charge in [-0.1, -0.05) is 34.1 Å². The van der Waals surface area contributed by atoms with Gasteiger partial charge in [-0.15, -0.1) is 0 Å². The molecular formula is C13H12BrN3O4. The maximum atomic E-state index is 12.0. The summed E-state index contributed by atoms with van der Waals surface area (Å²) in [6.45, 7) is -0.393. The average molecular weight is 354 g/mol. The number of aromatic nitrogens is 2. The molecule has 0 saturated carbocycles. The van der Waals surface area contributed by atoms with Gasteiger partial charge < -0.3 is 10.4 Å². The zero-order valence-corrected chi connectivity index (χ0v) is 12.6. The van der Waals surface area contributed by atoms with Gasteiger partial charge in [0.2, 0.25) is 11.8 Å². The maximum absolute atomic E-state index is 12.0. The Morgan fingerprint density at radius 2 is 2.05 bits per heavy atom. The summed E-state index contributed by atoms with van der Waals surface area (Å²) < 4.78 is 1.38. The summed E-state index contributed by atoms with van der Waals surface area (Å²) in [6.07, 6.45) is 0. The Kier molecular flexibility index (Phi) is 4.27. The molecule has 110 valence electrons. The van der Waals surface area contributed by atoms with Gasteiger partial charge in [-0.25, -0.2) is 4.79 Å². The van der Waals surface area contributed by atoms with Crippen LogP contribution in [0.5, 0.6) is 5.88 Å². The molecule has 1 heterocycles. The number of benzene rings is 1. The molecule has 2 aromatic rings. The Hall–Kier alpha value is -2.35. The van der Waals surface area contributed by atoms with E-state index in [0.717, 1.165) is 4.57 Å². The maximum Gasteiger partial charge on any atom is 0.331 e. The normalized spacial score (nSPS) is 10.4. The number of nitrogens with one attached hydrogen (secondary N) is 2. The number of amides is 1. The molecule has 8 heteroatoms. The second kappa shape index (κ2) is 5.96. The van der Waals surface area contributed by atoms with Crippen LogP contribution >= 0.6 is 15.9 Å². The van der Waals surface area contributed by atoms with E-state index in [1.807, 2.05) is 0 Å². The smallest absolute Gasteiger partial charge is 0.331 e. The lowest BCUT2D eigenvalue weighted by Crippen LogP contribution is -2.35. The minimum Gasteiger partial charge on any atom is -0.494 e. The molecule has 0 fully saturated rings. The molecule has 2 rings (SSSR count). The van der Waals surface area contributed by atoms with Crippen molar-refractivity contribution in [2.75, 3.05) is 7.05 Å². The Balaban J connectivity index is 2.71. The first-order valence-electron chi connectivity index (χ1n) is 5.97. The average Bonchev–Trinajstić information content (AvgIpc) is 2.45. The summed E-state index contributed by atoms with van der Waals surface area (Å²) in [5, 5.41) is 12.6. The number of rotatable bonds is 3. The fourth-order valence-electron chi connectivity index (χ4n) is 1.84. The first-order chi connectivity index (χ1) is 9.95. The van der Waals surface area contributed by atoms with Crippen LogP contribution in [0.25, 0.3) is 11.1 Å². The van der Waals surface area contributed by atoms with Crippen LogP contribution in [0.15, 0.2) is 38.3 Å². The predicted molar refractivity (Wildman–Crippen MR) is 80.2 cm³/mol. The molecule has 0 spiro atoms. The lowest BCUT2D eigenvalue weighted by molar-refractivity contribution is -0.121. The molecule has 1 aromatic heterocycles. The number of H-pyrrole nitrogens is 1. The molecule has 0 bridgehead atoms. The van der Waals surface area contributed by atoms with Crippen molar-refractivity contribution in [2.24, 2.45) is 0 Å². The number of carbonyl (C=O) groups excluding carboxylic acids is 1. The van der Waals surface area contributed by atoms with Crippen LogP contribution in [0, 0.1) is 0 Å². The molecule has 21 heavy (non-hydrogen) atoms. The molecule has 3 N–H and O–H groups in total. The van der Waals surface area contributed by atoms with Crippen molar-refractivity contribution in [2.45, 2.75) is 6.54 Å². The van der Waals surface area contributed by atoms with E-state index in [2.05, 4.69) is 26.2 Å². The number of aromatic amines is 1. The highest BCUT2D eigenvalue weighted by molar-refractivity contribution is 9.10. The molecule has 0 saturated heterocycles. The molecule has 0 aliphatic heterocycles. The van der Waals surface area contributed by atoms with Crippen molar-refractivity contribution in [1.29, 1.82) is 0 Å². The number of hydrogen-bond acceptors (Lipinski definition) is 4. The van der Waals surface area contributed by atoms with Gasteiger partial charge in [0.05, 0.1) is 0 Å². The van der Waals surface area contributed by atoms with Crippen molar-refractivity contribution in [1.82, 2.24) is 14.9 Å². The molecule has 1 amide bonds. The van der Waals surface area contributed by atoms with Crippen molar-refractivity contribution >= 4 is 21.8 Å². The second-order valence-electron chi connectivity index (χ2n) is 4.20. The van der Waals surface area contributed by atoms with Gasteiger partial charge in [0.15, 0.2) is 0 Å². The second-order valence-corrected chi connectivity index (χ2v) is 5.05. The van der Waals surface area contributed by atoms with E-state index >= 15 is 0 Å². The van der Waals surface area contributed by atoms with Gasteiger partial charge in [-0.2, -0.15) is 0 Å². The highest BCUT2D eigenvalue weighted by Crippen LogP contribution is 2.30. The number of carbonyl (C=O) groups is 1. The van der Waals surface area contributed by atoms with E-state index in [9.17, 15) is 19.5 Å². The van der Waals surface area contributed by atoms with Crippen LogP contribution in [-0.2, 0) is 11.3 Å². The molecule has 0 atom stereocenters. The van der Waals surface area contributed by atoms with Crippen molar-refractivity contribution < 1.29 is 9.90 Å². The van der Waals surface area contributed by atoms with Gasteiger partial charge in [-0.05, 0) is 6.07 Å². The van der Waals surface area contributed by atoms with Gasteiger partial charge in [0.25, 0.3) is 5.56 Å². The van der Waals surface area contributed by atoms with Crippen LogP contribution in [0.4, 0.5) is 0 Å². The van der Waals surface area contributed by atoms with Crippen LogP contribution in [0.1, 0.15) is 0 Å². The summed E-state index contributed by atoms with van der Waals surface area (Å²) in [5.41, 5.74) is -1.23. The number of halogens is 1. The van der Waals surface area contributed by atoms with E-state index in [1.54, 1.807) is 24.3 Å². The van der Waals surface area contributed by atoms with Crippen molar-refractivity contribution in [3.63, 3.8) is 0 Å². The minimum absolute atomic E-state index is 0.0778. The molecular weight excluding hydrogens is 342 g/mol. The Labute approximate surface area is 127 Å². The summed E-state index contributed by atoms with van der Waals surface area (Å²) >= 11 is 3.28. The monoisotopic (exact) mass is 353 g/mol. The van der Waals surface area contributed by atoms with Crippen molar-refractivity contribution in [3.05, 3.63) is 49.6 Å². The van der Waals surface area contributed by atoms with Gasteiger partial charge in [-0.3, -0.25) is 19.1 Å². The Bertz CT molecular complexity index is 810. The number of likely N-dealkylation sites (N-methyl/N-ethyl adjacent to an activating group) is 1. The zero-order chi connectivity index (χ0) is 15.6. The summed E-state index contributed by atoms with van der Waals surface area (Å²) in [4.78, 5) is 37.2. The lowest BCUT2D eigenvalue weighted by Gasteiger charge is -2.11. The largest absolute Gasteiger partial charge is 0.494 e. The molecule has 7 nitrogen and oxygen atoms in total. The SMILES string of the molecule is CNC(=O)Cn1c(O)c(-c2ccccc2Br)c(=O)[nH]c1=O. The Morgan fingerprint density at radius 3 is 2.67 bits per heavy atom. The van der Waals surface area contributed by atoms with Gasteiger partial charge in [0.1, 0.15) is 12.1 Å². The third-order valence-electron chi connectivity index (χ3n) is 2.90. The van der Waals surface area contributed by atoms with E-state index in [4.69, 9.17) is 0 Å². The summed E-state index contributed by atoms with van der Waals surface area (Å²) in [6, 6.07) is 6.75. The highest BCUT2D eigenvalue weighted by atomic mass is 79.9. The minimum atomic E-state index is -0.850. The fourth-order valence-corrected chi connectivity index (χ4v) is 2.32. The van der Waals surface area contributed by atoms with E-state index in [-0.39, 0.29) is 5.56 Å². The third-order valence-corrected chi connectivity index (χ3v) is 3.59. The van der Waals surface area contributed by atoms with Crippen LogP contribution in [0.3, 0.4) is 0 Å². The van der Waals surface area contributed by atoms with Crippen LogP contribution in [-0.4, -0.2) is 27.6 Å². The van der Waals surface area contributed by atoms with Gasteiger partial charge >= 0.3 is 5.69 Å². The lowest BCUT2D eigenvalue weighted by atomic mass is 10.1. The first kappa shape index (κ1) is 15.0. The third kappa shape index (κ3) is 2.89. The molecule has 0 unspecified atom stereocenters. The fraction of sp³-hybridized carbons (Fsp3) is 0.154. The van der Waals surface area contributed by atoms with Gasteiger partial charge in [0, 0.05) is 17.1 Å². The molecule has 1 aromatic carbocycles. The van der Waals surface area contributed by atoms with Crippen molar-refractivity contribution in [3.8, 4) is 17.0 Å². The standard InChI is InChI=1S/C13H12BrN3O4/c1-15-9(18)6-17-12(20)10(11(19)16-13(17)21)7-4-2-3-5-8(7)14/h2-5,20H,6H2,1H3,(H,15,18)(H,16,19,21). The molecule has 0 aliphatic rings. The quantitative estimate of drug-likeness (QED) is 0.743. The summed E-state index contributed by atoms with van der Waals surface area (Å²) in [5.74, 6) is -1.03. The van der Waals surface area contributed by atoms with E-state index in [0.29, 0.717) is 10.0 Å².